The molecule has 0 bridgehead atoms. The number of ether oxygens (including phenoxy) is 1. The third-order valence-electron chi connectivity index (χ3n) is 4.74. The first-order valence-corrected chi connectivity index (χ1v) is 9.17. The molecule has 1 spiro atoms. The molecule has 0 aliphatic carbocycles. The highest BCUT2D eigenvalue weighted by molar-refractivity contribution is 7.99. The topological polar surface area (TPSA) is 52.3 Å². The second-order valence-electron chi connectivity index (χ2n) is 6.80. The van der Waals surface area contributed by atoms with Crippen LogP contribution in [0.4, 0.5) is 0 Å². The van der Waals surface area contributed by atoms with Crippen LogP contribution in [0.15, 0.2) is 0 Å². The molecule has 2 atom stereocenters. The Hall–Kier alpha value is -0.0600. The lowest BCUT2D eigenvalue weighted by Gasteiger charge is -2.43. The highest BCUT2D eigenvalue weighted by Crippen LogP contribution is 2.40. The summed E-state index contributed by atoms with van der Waals surface area (Å²) in [6.07, 6.45) is 4.97. The lowest BCUT2D eigenvalue weighted by atomic mass is 9.76. The number of thioether (sulfide) groups is 1. The molecular formula is C16H29NO2S. The Kier molecular flexibility index (Phi) is 5.94. The van der Waals surface area contributed by atoms with Crippen molar-refractivity contribution in [3.05, 3.63) is 0 Å². The third kappa shape index (κ3) is 3.99. The number of ketones is 1. The van der Waals surface area contributed by atoms with Gasteiger partial charge in [-0.2, -0.15) is 11.8 Å². The SMILES string of the molecule is CC(C)CC(CN)C(=O)C1CCOC2(CCSCC2)C1. The van der Waals surface area contributed by atoms with Crippen LogP contribution in [0.5, 0.6) is 0 Å². The third-order valence-corrected chi connectivity index (χ3v) is 5.73. The van der Waals surface area contributed by atoms with Crippen molar-refractivity contribution in [1.82, 2.24) is 0 Å². The molecule has 4 heteroatoms. The number of nitrogens with two attached hydrogens (primary N) is 1. The van der Waals surface area contributed by atoms with Crippen LogP contribution in [-0.2, 0) is 9.53 Å². The second-order valence-corrected chi connectivity index (χ2v) is 8.02. The lowest BCUT2D eigenvalue weighted by molar-refractivity contribution is -0.142. The zero-order chi connectivity index (χ0) is 14.6. The summed E-state index contributed by atoms with van der Waals surface area (Å²) in [6.45, 7) is 5.58. The molecule has 2 aliphatic rings. The molecule has 0 aromatic carbocycles. The number of Topliss-reactive ketones (excluding diaryl/α,β-unsaturated/α-hetero) is 1. The summed E-state index contributed by atoms with van der Waals surface area (Å²) in [5.41, 5.74) is 5.84. The zero-order valence-corrected chi connectivity index (χ0v) is 13.7. The van der Waals surface area contributed by atoms with Crippen molar-refractivity contribution in [2.45, 2.75) is 51.6 Å². The Morgan fingerprint density at radius 3 is 2.70 bits per heavy atom. The molecule has 0 saturated carbocycles. The molecule has 0 aromatic rings. The summed E-state index contributed by atoms with van der Waals surface area (Å²) in [5.74, 6) is 3.52. The molecule has 2 unspecified atom stereocenters. The molecule has 2 heterocycles. The fourth-order valence-electron chi connectivity index (χ4n) is 3.59. The van der Waals surface area contributed by atoms with Crippen LogP contribution in [-0.4, -0.2) is 36.0 Å². The van der Waals surface area contributed by atoms with E-state index in [2.05, 4.69) is 13.8 Å². The lowest BCUT2D eigenvalue weighted by Crippen LogP contribution is -2.46. The summed E-state index contributed by atoms with van der Waals surface area (Å²) in [5, 5.41) is 0. The van der Waals surface area contributed by atoms with Gasteiger partial charge in [-0.15, -0.1) is 0 Å². The number of hydrogen-bond acceptors (Lipinski definition) is 4. The molecular weight excluding hydrogens is 270 g/mol. The standard InChI is InChI=1S/C16H29NO2S/c1-12(2)9-14(11-17)15(18)13-3-6-19-16(10-13)4-7-20-8-5-16/h12-14H,3-11,17H2,1-2H3. The van der Waals surface area contributed by atoms with Crippen LogP contribution in [0.1, 0.15) is 46.0 Å². The van der Waals surface area contributed by atoms with E-state index in [1.54, 1.807) is 0 Å². The predicted molar refractivity (Wildman–Crippen MR) is 85.0 cm³/mol. The quantitative estimate of drug-likeness (QED) is 0.848. The van der Waals surface area contributed by atoms with Gasteiger partial charge in [-0.3, -0.25) is 4.79 Å². The van der Waals surface area contributed by atoms with Crippen LogP contribution in [0.3, 0.4) is 0 Å². The molecule has 0 aromatic heterocycles. The van der Waals surface area contributed by atoms with Crippen molar-refractivity contribution >= 4 is 17.5 Å². The van der Waals surface area contributed by atoms with Gasteiger partial charge in [0.15, 0.2) is 0 Å². The van der Waals surface area contributed by atoms with Crippen molar-refractivity contribution in [2.24, 2.45) is 23.5 Å². The molecule has 20 heavy (non-hydrogen) atoms. The van der Waals surface area contributed by atoms with Crippen molar-refractivity contribution < 1.29 is 9.53 Å². The Morgan fingerprint density at radius 1 is 1.40 bits per heavy atom. The minimum absolute atomic E-state index is 0.000800. The highest BCUT2D eigenvalue weighted by atomic mass is 32.2. The van der Waals surface area contributed by atoms with Gasteiger partial charge >= 0.3 is 0 Å². The van der Waals surface area contributed by atoms with E-state index in [-0.39, 0.29) is 17.4 Å². The maximum atomic E-state index is 12.8. The van der Waals surface area contributed by atoms with Gasteiger partial charge in [0.25, 0.3) is 0 Å². The van der Waals surface area contributed by atoms with Gasteiger partial charge in [-0.05, 0) is 49.5 Å². The van der Waals surface area contributed by atoms with Gasteiger partial charge in [0, 0.05) is 25.0 Å². The highest BCUT2D eigenvalue weighted by Gasteiger charge is 2.41. The fourth-order valence-corrected chi connectivity index (χ4v) is 4.83. The van der Waals surface area contributed by atoms with Crippen LogP contribution in [0, 0.1) is 17.8 Å². The van der Waals surface area contributed by atoms with Gasteiger partial charge in [0.2, 0.25) is 0 Å². The van der Waals surface area contributed by atoms with Crippen molar-refractivity contribution in [3.8, 4) is 0 Å². The van der Waals surface area contributed by atoms with Gasteiger partial charge in [-0.25, -0.2) is 0 Å². The molecule has 0 radical (unpaired) electrons. The second kappa shape index (κ2) is 7.28. The Bertz CT molecular complexity index is 321. The van der Waals surface area contributed by atoms with E-state index < -0.39 is 0 Å². The van der Waals surface area contributed by atoms with Crippen LogP contribution in [0.2, 0.25) is 0 Å². The van der Waals surface area contributed by atoms with E-state index in [1.165, 1.54) is 11.5 Å². The molecule has 2 N–H and O–H groups in total. The Balaban J connectivity index is 1.98. The minimum Gasteiger partial charge on any atom is -0.375 e. The first-order valence-electron chi connectivity index (χ1n) is 8.02. The molecule has 2 saturated heterocycles. The Morgan fingerprint density at radius 2 is 2.10 bits per heavy atom. The van der Waals surface area contributed by atoms with Crippen molar-refractivity contribution in [2.75, 3.05) is 24.7 Å². The summed E-state index contributed by atoms with van der Waals surface area (Å²) in [4.78, 5) is 12.8. The van der Waals surface area contributed by atoms with Gasteiger partial charge in [0.1, 0.15) is 5.78 Å². The number of rotatable bonds is 5. The van der Waals surface area contributed by atoms with Gasteiger partial charge < -0.3 is 10.5 Å². The van der Waals surface area contributed by atoms with E-state index in [0.717, 1.165) is 38.7 Å². The normalized spacial score (nSPS) is 27.7. The molecule has 3 nitrogen and oxygen atoms in total. The molecule has 2 fully saturated rings. The van der Waals surface area contributed by atoms with Crippen molar-refractivity contribution in [3.63, 3.8) is 0 Å². The summed E-state index contributed by atoms with van der Waals surface area (Å²) in [7, 11) is 0. The number of carbonyl (C=O) groups excluding carboxylic acids is 1. The summed E-state index contributed by atoms with van der Waals surface area (Å²) < 4.78 is 6.08. The smallest absolute Gasteiger partial charge is 0.140 e. The fraction of sp³-hybridized carbons (Fsp3) is 0.938. The van der Waals surface area contributed by atoms with E-state index in [9.17, 15) is 4.79 Å². The molecule has 2 rings (SSSR count). The van der Waals surface area contributed by atoms with E-state index in [1.807, 2.05) is 11.8 Å². The molecule has 0 amide bonds. The average Bonchev–Trinajstić information content (AvgIpc) is 2.44. The van der Waals surface area contributed by atoms with Crippen LogP contribution >= 0.6 is 11.8 Å². The summed E-state index contributed by atoms with van der Waals surface area (Å²) >= 11 is 2.01. The summed E-state index contributed by atoms with van der Waals surface area (Å²) in [6, 6.07) is 0. The van der Waals surface area contributed by atoms with Crippen LogP contribution in [0.25, 0.3) is 0 Å². The average molecular weight is 299 g/mol. The van der Waals surface area contributed by atoms with Gasteiger partial charge in [-0.1, -0.05) is 13.8 Å². The monoisotopic (exact) mass is 299 g/mol. The minimum atomic E-state index is 0.000800. The van der Waals surface area contributed by atoms with Crippen molar-refractivity contribution in [1.29, 1.82) is 0 Å². The Labute approximate surface area is 127 Å². The molecule has 116 valence electrons. The predicted octanol–water partition coefficient (Wildman–Crippen LogP) is 2.87. The number of carbonyl (C=O) groups is 1. The first-order chi connectivity index (χ1) is 9.56. The maximum absolute atomic E-state index is 12.8. The van der Waals surface area contributed by atoms with Gasteiger partial charge in [0.05, 0.1) is 5.60 Å². The van der Waals surface area contributed by atoms with E-state index in [0.29, 0.717) is 18.2 Å². The largest absolute Gasteiger partial charge is 0.375 e. The molecule has 2 aliphatic heterocycles. The first kappa shape index (κ1) is 16.3. The van der Waals surface area contributed by atoms with E-state index in [4.69, 9.17) is 10.5 Å². The number of hydrogen-bond donors (Lipinski definition) is 1. The van der Waals surface area contributed by atoms with Crippen LogP contribution < -0.4 is 5.73 Å². The van der Waals surface area contributed by atoms with E-state index >= 15 is 0 Å². The maximum Gasteiger partial charge on any atom is 0.140 e. The zero-order valence-electron chi connectivity index (χ0n) is 12.9.